The number of H-pyrrole nitrogens is 1. The van der Waals surface area contributed by atoms with Gasteiger partial charge in [-0.2, -0.15) is 0 Å². The van der Waals surface area contributed by atoms with Crippen LogP contribution in [-0.4, -0.2) is 16.3 Å². The molecule has 82 valence electrons. The van der Waals surface area contributed by atoms with Crippen molar-refractivity contribution in [2.45, 2.75) is 19.8 Å². The first-order valence-electron chi connectivity index (χ1n) is 5.33. The van der Waals surface area contributed by atoms with Gasteiger partial charge in [0.05, 0.1) is 6.33 Å². The summed E-state index contributed by atoms with van der Waals surface area (Å²) in [5, 5.41) is 0. The molecule has 0 radical (unpaired) electrons. The lowest BCUT2D eigenvalue weighted by molar-refractivity contribution is 0.111. The van der Waals surface area contributed by atoms with E-state index in [9.17, 15) is 4.79 Å². The van der Waals surface area contributed by atoms with E-state index >= 15 is 0 Å². The van der Waals surface area contributed by atoms with Crippen molar-refractivity contribution in [2.75, 3.05) is 0 Å². The molecular weight excluding hydrogens is 200 g/mol. The fraction of sp³-hybridized carbons (Fsp3) is 0.231. The third kappa shape index (κ3) is 2.19. The molecule has 0 aliphatic carbocycles. The van der Waals surface area contributed by atoms with Crippen LogP contribution < -0.4 is 0 Å². The normalized spacial score (nSPS) is 10.3. The van der Waals surface area contributed by atoms with E-state index in [0.717, 1.165) is 24.8 Å². The first-order chi connectivity index (χ1) is 7.81. The molecular formula is C13H14N2O. The summed E-state index contributed by atoms with van der Waals surface area (Å²) in [5.41, 5.74) is 4.04. The van der Waals surface area contributed by atoms with E-state index in [0.29, 0.717) is 5.69 Å². The molecule has 0 amide bonds. The van der Waals surface area contributed by atoms with E-state index in [4.69, 9.17) is 0 Å². The fourth-order valence-corrected chi connectivity index (χ4v) is 1.78. The minimum absolute atomic E-state index is 0.522. The summed E-state index contributed by atoms with van der Waals surface area (Å²) in [4.78, 5) is 17.6. The molecule has 1 heterocycles. The summed E-state index contributed by atoms with van der Waals surface area (Å²) < 4.78 is 0. The highest BCUT2D eigenvalue weighted by Crippen LogP contribution is 2.11. The van der Waals surface area contributed by atoms with Crippen LogP contribution in [0, 0.1) is 6.92 Å². The lowest BCUT2D eigenvalue weighted by Gasteiger charge is -2.04. The number of hydrogen-bond donors (Lipinski definition) is 1. The molecule has 1 N–H and O–H groups in total. The second-order valence-electron chi connectivity index (χ2n) is 3.81. The van der Waals surface area contributed by atoms with Gasteiger partial charge in [-0.1, -0.05) is 24.3 Å². The predicted octanol–water partition coefficient (Wildman–Crippen LogP) is 2.32. The number of aromatic nitrogens is 2. The van der Waals surface area contributed by atoms with Gasteiger partial charge in [0.25, 0.3) is 0 Å². The third-order valence-corrected chi connectivity index (χ3v) is 2.77. The number of nitrogens with zero attached hydrogens (tertiary/aromatic N) is 1. The van der Waals surface area contributed by atoms with Gasteiger partial charge in [0.2, 0.25) is 0 Å². The second-order valence-corrected chi connectivity index (χ2v) is 3.81. The third-order valence-electron chi connectivity index (χ3n) is 2.77. The topological polar surface area (TPSA) is 45.8 Å². The van der Waals surface area contributed by atoms with Gasteiger partial charge in [-0.3, -0.25) is 4.79 Å². The summed E-state index contributed by atoms with van der Waals surface area (Å²) in [5.74, 6) is 0. The molecule has 0 aliphatic heterocycles. The van der Waals surface area contributed by atoms with Crippen molar-refractivity contribution in [1.82, 2.24) is 9.97 Å². The maximum absolute atomic E-state index is 10.7. The van der Waals surface area contributed by atoms with Crippen LogP contribution in [0.4, 0.5) is 0 Å². The minimum Gasteiger partial charge on any atom is -0.348 e. The van der Waals surface area contributed by atoms with E-state index in [1.54, 1.807) is 6.33 Å². The molecule has 0 fully saturated rings. The Hall–Kier alpha value is -1.90. The fourth-order valence-electron chi connectivity index (χ4n) is 1.78. The first kappa shape index (κ1) is 10.6. The lowest BCUT2D eigenvalue weighted by atomic mass is 10.0. The van der Waals surface area contributed by atoms with E-state index in [1.165, 1.54) is 11.1 Å². The van der Waals surface area contributed by atoms with Crippen molar-refractivity contribution < 1.29 is 4.79 Å². The summed E-state index contributed by atoms with van der Waals surface area (Å²) in [6.45, 7) is 2.10. The number of carbonyl (C=O) groups is 1. The molecule has 0 saturated carbocycles. The minimum atomic E-state index is 0.522. The number of nitrogens with one attached hydrogen (secondary N) is 1. The number of hydrogen-bond acceptors (Lipinski definition) is 2. The average molecular weight is 214 g/mol. The standard InChI is InChI=1S/C13H14N2O/c1-10-4-2-3-5-11(10)6-7-12-13(8-16)15-9-14-12/h2-5,8-9H,6-7H2,1H3,(H,14,15). The number of aryl methyl sites for hydroxylation is 3. The van der Waals surface area contributed by atoms with E-state index in [2.05, 4.69) is 29.0 Å². The van der Waals surface area contributed by atoms with Crippen LogP contribution in [0.25, 0.3) is 0 Å². The zero-order valence-electron chi connectivity index (χ0n) is 9.23. The van der Waals surface area contributed by atoms with E-state index in [1.807, 2.05) is 12.1 Å². The van der Waals surface area contributed by atoms with Crippen molar-refractivity contribution in [1.29, 1.82) is 0 Å². The number of carbonyl (C=O) groups excluding carboxylic acids is 1. The lowest BCUT2D eigenvalue weighted by Crippen LogP contribution is -1.97. The maximum atomic E-state index is 10.7. The summed E-state index contributed by atoms with van der Waals surface area (Å²) in [6, 6.07) is 8.29. The highest BCUT2D eigenvalue weighted by atomic mass is 16.1. The van der Waals surface area contributed by atoms with Crippen LogP contribution in [0.5, 0.6) is 0 Å². The quantitative estimate of drug-likeness (QED) is 0.794. The van der Waals surface area contributed by atoms with Crippen molar-refractivity contribution >= 4 is 6.29 Å². The van der Waals surface area contributed by atoms with E-state index < -0.39 is 0 Å². The average Bonchev–Trinajstić information content (AvgIpc) is 2.75. The monoisotopic (exact) mass is 214 g/mol. The van der Waals surface area contributed by atoms with Crippen LogP contribution in [0.1, 0.15) is 27.3 Å². The van der Waals surface area contributed by atoms with Crippen LogP contribution >= 0.6 is 0 Å². The van der Waals surface area contributed by atoms with Crippen molar-refractivity contribution in [3.05, 3.63) is 53.1 Å². The highest BCUT2D eigenvalue weighted by Gasteiger charge is 2.05. The Balaban J connectivity index is 2.08. The Kier molecular flexibility index (Phi) is 3.15. The Bertz CT molecular complexity index is 488. The second kappa shape index (κ2) is 4.75. The molecule has 3 heteroatoms. The van der Waals surface area contributed by atoms with Crippen LogP contribution in [0.3, 0.4) is 0 Å². The maximum Gasteiger partial charge on any atom is 0.170 e. The molecule has 0 unspecified atom stereocenters. The highest BCUT2D eigenvalue weighted by molar-refractivity contribution is 5.73. The zero-order valence-corrected chi connectivity index (χ0v) is 9.23. The van der Waals surface area contributed by atoms with E-state index in [-0.39, 0.29) is 0 Å². The molecule has 0 saturated heterocycles. The number of aldehydes is 1. The number of benzene rings is 1. The Morgan fingerprint density at radius 3 is 2.88 bits per heavy atom. The summed E-state index contributed by atoms with van der Waals surface area (Å²) in [6.07, 6.45) is 4.11. The van der Waals surface area contributed by atoms with Gasteiger partial charge in [0.1, 0.15) is 5.69 Å². The largest absolute Gasteiger partial charge is 0.348 e. The molecule has 0 bridgehead atoms. The molecule has 0 aliphatic rings. The van der Waals surface area contributed by atoms with Gasteiger partial charge < -0.3 is 4.98 Å². The van der Waals surface area contributed by atoms with Crippen molar-refractivity contribution in [3.8, 4) is 0 Å². The molecule has 1 aromatic carbocycles. The number of aromatic amines is 1. The smallest absolute Gasteiger partial charge is 0.170 e. The van der Waals surface area contributed by atoms with Gasteiger partial charge in [-0.15, -0.1) is 0 Å². The van der Waals surface area contributed by atoms with Crippen molar-refractivity contribution in [3.63, 3.8) is 0 Å². The SMILES string of the molecule is Cc1ccccc1CCc1[nH]cnc1C=O. The van der Waals surface area contributed by atoms with Crippen LogP contribution in [0.15, 0.2) is 30.6 Å². The molecule has 2 rings (SSSR count). The molecule has 0 spiro atoms. The summed E-state index contributed by atoms with van der Waals surface area (Å²) >= 11 is 0. The molecule has 3 nitrogen and oxygen atoms in total. The number of imidazole rings is 1. The molecule has 2 aromatic rings. The Morgan fingerprint density at radius 2 is 2.12 bits per heavy atom. The van der Waals surface area contributed by atoms with Gasteiger partial charge in [0.15, 0.2) is 6.29 Å². The van der Waals surface area contributed by atoms with Crippen LogP contribution in [0.2, 0.25) is 0 Å². The van der Waals surface area contributed by atoms with Crippen molar-refractivity contribution in [2.24, 2.45) is 0 Å². The Morgan fingerprint density at radius 1 is 1.31 bits per heavy atom. The van der Waals surface area contributed by atoms with Gasteiger partial charge in [-0.05, 0) is 30.9 Å². The molecule has 0 atom stereocenters. The predicted molar refractivity (Wildman–Crippen MR) is 62.6 cm³/mol. The van der Waals surface area contributed by atoms with Gasteiger partial charge in [-0.25, -0.2) is 4.98 Å². The first-order valence-corrected chi connectivity index (χ1v) is 5.33. The van der Waals surface area contributed by atoms with Gasteiger partial charge >= 0.3 is 0 Å². The van der Waals surface area contributed by atoms with Crippen LogP contribution in [-0.2, 0) is 12.8 Å². The molecule has 1 aromatic heterocycles. The molecule has 16 heavy (non-hydrogen) atoms. The zero-order chi connectivity index (χ0) is 11.4. The summed E-state index contributed by atoms with van der Waals surface area (Å²) in [7, 11) is 0. The Labute approximate surface area is 94.5 Å². The number of rotatable bonds is 4. The van der Waals surface area contributed by atoms with Gasteiger partial charge in [0, 0.05) is 5.69 Å².